The lowest BCUT2D eigenvalue weighted by atomic mass is 10.1. The Morgan fingerprint density at radius 2 is 1.97 bits per heavy atom. The lowest BCUT2D eigenvalue weighted by molar-refractivity contribution is 0.276. The van der Waals surface area contributed by atoms with E-state index in [9.17, 15) is 0 Å². The number of aromatic nitrogens is 5. The third kappa shape index (κ3) is 4.08. The maximum atomic E-state index is 6.41. The van der Waals surface area contributed by atoms with Crippen molar-refractivity contribution in [2.45, 2.75) is 50.4 Å². The van der Waals surface area contributed by atoms with E-state index in [1.165, 1.54) is 12.8 Å². The fraction of sp³-hybridized carbons (Fsp3) is 0.526. The molecule has 2 aliphatic rings. The summed E-state index contributed by atoms with van der Waals surface area (Å²) in [5.41, 5.74) is 1.53. The zero-order valence-electron chi connectivity index (χ0n) is 16.2. The number of nitrogens with one attached hydrogen (secondary N) is 1. The molecule has 2 fully saturated rings. The van der Waals surface area contributed by atoms with E-state index < -0.39 is 0 Å². The molecule has 1 saturated carbocycles. The molecule has 1 saturated heterocycles. The third-order valence-electron chi connectivity index (χ3n) is 5.46. The fourth-order valence-electron chi connectivity index (χ4n) is 3.69. The average Bonchev–Trinajstić information content (AvgIpc) is 3.39. The predicted octanol–water partition coefficient (Wildman–Crippen LogP) is 5.15. The van der Waals surface area contributed by atoms with Crippen LogP contribution in [0.1, 0.15) is 38.6 Å². The van der Waals surface area contributed by atoms with E-state index in [1.807, 2.05) is 33.6 Å². The number of hydrogen-bond donors (Lipinski definition) is 1. The molecule has 3 aromatic heterocycles. The predicted molar refractivity (Wildman–Crippen MR) is 119 cm³/mol. The number of piperidine rings is 1. The van der Waals surface area contributed by atoms with Gasteiger partial charge in [-0.3, -0.25) is 8.99 Å². The van der Waals surface area contributed by atoms with Gasteiger partial charge in [-0.25, -0.2) is 4.98 Å². The highest BCUT2D eigenvalue weighted by molar-refractivity contribution is 7.97. The van der Waals surface area contributed by atoms with Gasteiger partial charge in [0.05, 0.1) is 28.3 Å². The summed E-state index contributed by atoms with van der Waals surface area (Å²) in [4.78, 5) is 9.01. The van der Waals surface area contributed by atoms with Crippen molar-refractivity contribution >= 4 is 57.8 Å². The SMILES string of the molecule is CCn1cc(Cl)c2cnc(Nc3cn(C4CCN(SC5CC5)CC4)nc3Cl)nc21. The molecular weight excluding hydrogens is 429 g/mol. The molecule has 10 heteroatoms. The maximum absolute atomic E-state index is 6.41. The molecule has 0 amide bonds. The van der Waals surface area contributed by atoms with Crippen LogP contribution in [0.2, 0.25) is 10.2 Å². The van der Waals surface area contributed by atoms with E-state index in [2.05, 4.69) is 31.6 Å². The van der Waals surface area contributed by atoms with Gasteiger partial charge < -0.3 is 9.88 Å². The van der Waals surface area contributed by atoms with Gasteiger partial charge in [-0.2, -0.15) is 10.1 Å². The largest absolute Gasteiger partial charge is 0.331 e. The minimum atomic E-state index is 0.374. The van der Waals surface area contributed by atoms with Gasteiger partial charge >= 0.3 is 0 Å². The zero-order chi connectivity index (χ0) is 20.0. The Labute approximate surface area is 183 Å². The number of aryl methyl sites for hydroxylation is 1. The smallest absolute Gasteiger partial charge is 0.229 e. The highest BCUT2D eigenvalue weighted by atomic mass is 35.5. The average molecular weight is 452 g/mol. The normalized spacial score (nSPS) is 18.6. The molecule has 3 aromatic rings. The van der Waals surface area contributed by atoms with Crippen molar-refractivity contribution in [1.29, 1.82) is 0 Å². The number of hydrogen-bond acceptors (Lipinski definition) is 6. The van der Waals surface area contributed by atoms with Crippen molar-refractivity contribution in [3.8, 4) is 0 Å². The maximum Gasteiger partial charge on any atom is 0.229 e. The summed E-state index contributed by atoms with van der Waals surface area (Å²) in [7, 11) is 0. The molecule has 0 aromatic carbocycles. The van der Waals surface area contributed by atoms with Gasteiger partial charge in [0.1, 0.15) is 5.65 Å². The Hall–Kier alpha value is -1.48. The number of rotatable bonds is 6. The van der Waals surface area contributed by atoms with Crippen molar-refractivity contribution in [3.05, 3.63) is 28.8 Å². The van der Waals surface area contributed by atoms with Crippen LogP contribution in [-0.4, -0.2) is 47.0 Å². The molecule has 0 bridgehead atoms. The number of halogens is 2. The van der Waals surface area contributed by atoms with Gasteiger partial charge in [-0.05, 0) is 32.6 Å². The molecule has 0 spiro atoms. The minimum Gasteiger partial charge on any atom is -0.331 e. The van der Waals surface area contributed by atoms with Gasteiger partial charge in [0.15, 0.2) is 5.15 Å². The first-order chi connectivity index (χ1) is 14.1. The quantitative estimate of drug-likeness (QED) is 0.523. The van der Waals surface area contributed by atoms with Crippen LogP contribution in [-0.2, 0) is 6.54 Å². The third-order valence-corrected chi connectivity index (χ3v) is 7.47. The fourth-order valence-corrected chi connectivity index (χ4v) is 5.31. The van der Waals surface area contributed by atoms with E-state index in [-0.39, 0.29) is 0 Å². The molecule has 0 unspecified atom stereocenters. The first-order valence-corrected chi connectivity index (χ1v) is 11.6. The summed E-state index contributed by atoms with van der Waals surface area (Å²) in [6.07, 6.45) is 10.5. The molecule has 1 aliphatic carbocycles. The van der Waals surface area contributed by atoms with Crippen molar-refractivity contribution < 1.29 is 0 Å². The summed E-state index contributed by atoms with van der Waals surface area (Å²) in [6.45, 7) is 5.04. The minimum absolute atomic E-state index is 0.374. The summed E-state index contributed by atoms with van der Waals surface area (Å²) >= 11 is 14.7. The lowest BCUT2D eigenvalue weighted by Crippen LogP contribution is -2.30. The molecule has 1 aliphatic heterocycles. The first kappa shape index (κ1) is 19.5. The van der Waals surface area contributed by atoms with Crippen molar-refractivity contribution in [2.75, 3.05) is 18.4 Å². The lowest BCUT2D eigenvalue weighted by Gasteiger charge is -2.31. The van der Waals surface area contributed by atoms with Gasteiger partial charge in [0.25, 0.3) is 0 Å². The van der Waals surface area contributed by atoms with E-state index >= 15 is 0 Å². The van der Waals surface area contributed by atoms with Crippen LogP contribution in [0.3, 0.4) is 0 Å². The van der Waals surface area contributed by atoms with E-state index in [0.29, 0.717) is 22.2 Å². The standard InChI is InChI=1S/C19H23Cl2N7S/c1-2-26-10-15(20)14-9-22-19(24-18(14)26)23-16-11-28(25-17(16)21)12-5-7-27(8-6-12)29-13-3-4-13/h9-13H,2-8H2,1H3,(H,22,23,24). The molecule has 154 valence electrons. The van der Waals surface area contributed by atoms with Gasteiger partial charge in [0.2, 0.25) is 5.95 Å². The van der Waals surface area contributed by atoms with Crippen molar-refractivity contribution in [1.82, 2.24) is 28.6 Å². The Bertz CT molecular complexity index is 1020. The van der Waals surface area contributed by atoms with Crippen LogP contribution in [0, 0.1) is 0 Å². The van der Waals surface area contributed by atoms with E-state index in [0.717, 1.165) is 54.4 Å². The molecule has 1 N–H and O–H groups in total. The highest BCUT2D eigenvalue weighted by Crippen LogP contribution is 2.39. The molecule has 0 radical (unpaired) electrons. The molecular formula is C19H23Cl2N7S. The number of anilines is 2. The van der Waals surface area contributed by atoms with Crippen molar-refractivity contribution in [2.24, 2.45) is 0 Å². The zero-order valence-corrected chi connectivity index (χ0v) is 18.5. The number of fused-ring (bicyclic) bond motifs is 1. The summed E-state index contributed by atoms with van der Waals surface area (Å²) in [5, 5.41) is 10.6. The van der Waals surface area contributed by atoms with Crippen LogP contribution in [0.4, 0.5) is 11.6 Å². The molecule has 0 atom stereocenters. The molecule has 29 heavy (non-hydrogen) atoms. The van der Waals surface area contributed by atoms with Crippen LogP contribution >= 0.6 is 35.1 Å². The topological polar surface area (TPSA) is 63.8 Å². The van der Waals surface area contributed by atoms with Gasteiger partial charge in [-0.15, -0.1) is 0 Å². The Balaban J connectivity index is 1.30. The van der Waals surface area contributed by atoms with E-state index in [4.69, 9.17) is 23.2 Å². The Morgan fingerprint density at radius 3 is 2.69 bits per heavy atom. The molecule has 7 nitrogen and oxygen atoms in total. The highest BCUT2D eigenvalue weighted by Gasteiger charge is 2.29. The summed E-state index contributed by atoms with van der Waals surface area (Å²) in [5.74, 6) is 0.485. The van der Waals surface area contributed by atoms with Crippen molar-refractivity contribution in [3.63, 3.8) is 0 Å². The summed E-state index contributed by atoms with van der Waals surface area (Å²) < 4.78 is 6.51. The van der Waals surface area contributed by atoms with Crippen LogP contribution in [0.15, 0.2) is 18.6 Å². The molecule has 5 rings (SSSR count). The Morgan fingerprint density at radius 1 is 1.17 bits per heavy atom. The Kier molecular flexibility index (Phi) is 5.36. The second kappa shape index (κ2) is 7.98. The van der Waals surface area contributed by atoms with Crippen LogP contribution in [0.25, 0.3) is 11.0 Å². The number of nitrogens with zero attached hydrogens (tertiary/aromatic N) is 6. The van der Waals surface area contributed by atoms with Crippen LogP contribution < -0.4 is 5.32 Å². The first-order valence-electron chi connectivity index (χ1n) is 10.1. The monoisotopic (exact) mass is 451 g/mol. The van der Waals surface area contributed by atoms with Gasteiger partial charge in [-0.1, -0.05) is 35.1 Å². The van der Waals surface area contributed by atoms with E-state index in [1.54, 1.807) is 6.20 Å². The van der Waals surface area contributed by atoms with Crippen LogP contribution in [0.5, 0.6) is 0 Å². The second-order valence-corrected chi connectivity index (χ2v) is 9.76. The molecule has 4 heterocycles. The second-order valence-electron chi connectivity index (χ2n) is 7.60. The van der Waals surface area contributed by atoms with Gasteiger partial charge in [0, 0.05) is 37.3 Å². The summed E-state index contributed by atoms with van der Waals surface area (Å²) in [6, 6.07) is 0.374.